The van der Waals surface area contributed by atoms with Gasteiger partial charge in [0, 0.05) is 0 Å². The maximum Gasteiger partial charge on any atom is -0.0132 e. The van der Waals surface area contributed by atoms with Crippen molar-refractivity contribution >= 4 is 0 Å². The molecule has 0 saturated heterocycles. The molecular weight excluding hydrogens is 208 g/mol. The number of allylic oxidation sites excluding steroid dienone is 4. The Morgan fingerprint density at radius 3 is 1.94 bits per heavy atom. The number of hydrogen-bond acceptors (Lipinski definition) is 0. The summed E-state index contributed by atoms with van der Waals surface area (Å²) in [4.78, 5) is 0. The molecule has 1 rings (SSSR count). The van der Waals surface area contributed by atoms with Gasteiger partial charge in [-0.15, -0.1) is 0 Å². The van der Waals surface area contributed by atoms with Crippen LogP contribution in [0.2, 0.25) is 0 Å². The summed E-state index contributed by atoms with van der Waals surface area (Å²) in [6.07, 6.45) is 4.93. The number of rotatable bonds is 1. The molecule has 0 bridgehead atoms. The van der Waals surface area contributed by atoms with E-state index in [1.54, 1.807) is 16.7 Å². The third-order valence-corrected chi connectivity index (χ3v) is 3.15. The maximum absolute atomic E-state index is 2.43. The van der Waals surface area contributed by atoms with Gasteiger partial charge in [0.15, 0.2) is 0 Å². The van der Waals surface area contributed by atoms with Crippen molar-refractivity contribution in [3.63, 3.8) is 0 Å². The zero-order chi connectivity index (χ0) is 12.9. The summed E-state index contributed by atoms with van der Waals surface area (Å²) in [7, 11) is 0. The Morgan fingerprint density at radius 1 is 1.12 bits per heavy atom. The minimum Gasteiger partial charge on any atom is -0.412 e. The molecule has 102 valence electrons. The smallest absolute Gasteiger partial charge is 0.0132 e. The second-order valence-corrected chi connectivity index (χ2v) is 5.71. The second kappa shape index (κ2) is 7.71. The standard InChI is InChI=1S/C14H24.C2H6.H2O/c1-10(2)12-8-7-9-13(11(12)3)14(4,5)6;1-2;/h9-10H,7-8H2,1-6H3;1-2H3;1H2. The first-order valence-electron chi connectivity index (χ1n) is 6.74. The van der Waals surface area contributed by atoms with E-state index in [1.807, 2.05) is 13.8 Å². The van der Waals surface area contributed by atoms with Gasteiger partial charge in [-0.1, -0.05) is 60.1 Å². The fraction of sp³-hybridized carbons (Fsp3) is 0.750. The van der Waals surface area contributed by atoms with Crippen LogP contribution in [0.3, 0.4) is 0 Å². The number of hydrogen-bond donors (Lipinski definition) is 0. The molecular formula is C16H32O. The molecule has 0 aromatic heterocycles. The van der Waals surface area contributed by atoms with E-state index in [-0.39, 0.29) is 5.48 Å². The van der Waals surface area contributed by atoms with Crippen LogP contribution in [0, 0.1) is 11.3 Å². The topological polar surface area (TPSA) is 31.5 Å². The zero-order valence-electron chi connectivity index (χ0n) is 13.1. The molecule has 0 heterocycles. The normalized spacial score (nSPS) is 15.9. The summed E-state index contributed by atoms with van der Waals surface area (Å²) in [6, 6.07) is 0. The summed E-state index contributed by atoms with van der Waals surface area (Å²) in [5.41, 5.74) is 5.09. The van der Waals surface area contributed by atoms with Crippen molar-refractivity contribution in [3.05, 3.63) is 22.8 Å². The summed E-state index contributed by atoms with van der Waals surface area (Å²) in [6.45, 7) is 17.9. The molecule has 0 spiro atoms. The molecule has 1 aliphatic rings. The Labute approximate surface area is 108 Å². The molecule has 1 heteroatoms. The van der Waals surface area contributed by atoms with Crippen LogP contribution in [0.4, 0.5) is 0 Å². The lowest BCUT2D eigenvalue weighted by molar-refractivity contribution is 0.498. The van der Waals surface area contributed by atoms with E-state index in [2.05, 4.69) is 47.6 Å². The van der Waals surface area contributed by atoms with Gasteiger partial charge in [0.25, 0.3) is 0 Å². The van der Waals surface area contributed by atoms with Crippen LogP contribution in [0.1, 0.15) is 68.2 Å². The van der Waals surface area contributed by atoms with Crippen molar-refractivity contribution in [2.24, 2.45) is 11.3 Å². The third-order valence-electron chi connectivity index (χ3n) is 3.15. The SMILES string of the molecule is CC.CC1=C(C(C)C)CCC=C1C(C)(C)C.O. The highest BCUT2D eigenvalue weighted by atomic mass is 16.0. The molecule has 0 saturated carbocycles. The molecule has 0 unspecified atom stereocenters. The monoisotopic (exact) mass is 240 g/mol. The van der Waals surface area contributed by atoms with Gasteiger partial charge < -0.3 is 5.48 Å². The first-order chi connectivity index (χ1) is 7.34. The molecule has 2 N–H and O–H groups in total. The van der Waals surface area contributed by atoms with Crippen molar-refractivity contribution in [1.29, 1.82) is 0 Å². The van der Waals surface area contributed by atoms with Gasteiger partial charge in [-0.25, -0.2) is 0 Å². The van der Waals surface area contributed by atoms with E-state index in [9.17, 15) is 0 Å². The van der Waals surface area contributed by atoms with Crippen molar-refractivity contribution in [2.45, 2.75) is 68.2 Å². The molecule has 17 heavy (non-hydrogen) atoms. The minimum atomic E-state index is 0. The van der Waals surface area contributed by atoms with Gasteiger partial charge in [-0.3, -0.25) is 0 Å². The lowest BCUT2D eigenvalue weighted by atomic mass is 9.75. The largest absolute Gasteiger partial charge is 0.412 e. The van der Waals surface area contributed by atoms with Crippen LogP contribution in [-0.4, -0.2) is 5.48 Å². The molecule has 0 atom stereocenters. The molecule has 0 aliphatic heterocycles. The Hall–Kier alpha value is -0.560. The molecule has 1 nitrogen and oxygen atoms in total. The van der Waals surface area contributed by atoms with Crippen LogP contribution in [0.15, 0.2) is 22.8 Å². The van der Waals surface area contributed by atoms with Crippen molar-refractivity contribution in [2.75, 3.05) is 0 Å². The van der Waals surface area contributed by atoms with Gasteiger partial charge in [0.2, 0.25) is 0 Å². The Morgan fingerprint density at radius 2 is 1.59 bits per heavy atom. The van der Waals surface area contributed by atoms with Gasteiger partial charge >= 0.3 is 0 Å². The van der Waals surface area contributed by atoms with E-state index in [0.717, 1.165) is 0 Å². The van der Waals surface area contributed by atoms with Gasteiger partial charge in [0.1, 0.15) is 0 Å². The predicted molar refractivity (Wildman–Crippen MR) is 79.3 cm³/mol. The molecule has 0 aromatic carbocycles. The first kappa shape index (κ1) is 18.8. The predicted octanol–water partition coefficient (Wildman–Crippen LogP) is 4.93. The summed E-state index contributed by atoms with van der Waals surface area (Å²) in [5.74, 6) is 0.709. The Balaban J connectivity index is 0. The van der Waals surface area contributed by atoms with Crippen LogP contribution in [-0.2, 0) is 0 Å². The average Bonchev–Trinajstić information content (AvgIpc) is 2.19. The van der Waals surface area contributed by atoms with Crippen LogP contribution in [0.5, 0.6) is 0 Å². The lowest BCUT2D eigenvalue weighted by Gasteiger charge is -2.30. The zero-order valence-corrected chi connectivity index (χ0v) is 13.1. The van der Waals surface area contributed by atoms with Crippen molar-refractivity contribution in [3.8, 4) is 0 Å². The summed E-state index contributed by atoms with van der Waals surface area (Å²) in [5, 5.41) is 0. The summed E-state index contributed by atoms with van der Waals surface area (Å²) >= 11 is 0. The van der Waals surface area contributed by atoms with E-state index in [4.69, 9.17) is 0 Å². The molecule has 1 aliphatic carbocycles. The van der Waals surface area contributed by atoms with Crippen molar-refractivity contribution in [1.82, 2.24) is 0 Å². The second-order valence-electron chi connectivity index (χ2n) is 5.71. The highest BCUT2D eigenvalue weighted by molar-refractivity contribution is 5.40. The third kappa shape index (κ3) is 5.08. The highest BCUT2D eigenvalue weighted by Crippen LogP contribution is 2.38. The van der Waals surface area contributed by atoms with Crippen LogP contribution < -0.4 is 0 Å². The van der Waals surface area contributed by atoms with E-state index in [0.29, 0.717) is 11.3 Å². The average molecular weight is 240 g/mol. The van der Waals surface area contributed by atoms with E-state index in [1.165, 1.54) is 12.8 Å². The molecule has 0 fully saturated rings. The van der Waals surface area contributed by atoms with Crippen LogP contribution >= 0.6 is 0 Å². The fourth-order valence-electron chi connectivity index (χ4n) is 2.48. The van der Waals surface area contributed by atoms with Crippen LogP contribution in [0.25, 0.3) is 0 Å². The maximum atomic E-state index is 2.43. The Bertz CT molecular complexity index is 274. The molecule has 0 radical (unpaired) electrons. The molecule has 0 aromatic rings. The van der Waals surface area contributed by atoms with E-state index < -0.39 is 0 Å². The fourth-order valence-corrected chi connectivity index (χ4v) is 2.48. The van der Waals surface area contributed by atoms with E-state index >= 15 is 0 Å². The Kier molecular flexibility index (Phi) is 8.52. The van der Waals surface area contributed by atoms with Gasteiger partial charge in [0.05, 0.1) is 0 Å². The van der Waals surface area contributed by atoms with Gasteiger partial charge in [-0.2, -0.15) is 0 Å². The van der Waals surface area contributed by atoms with Gasteiger partial charge in [-0.05, 0) is 42.2 Å². The molecule has 0 amide bonds. The summed E-state index contributed by atoms with van der Waals surface area (Å²) < 4.78 is 0. The quantitative estimate of drug-likeness (QED) is 0.622. The first-order valence-corrected chi connectivity index (χ1v) is 6.74. The minimum absolute atomic E-state index is 0. The lowest BCUT2D eigenvalue weighted by Crippen LogP contribution is -2.15. The van der Waals surface area contributed by atoms with Crippen molar-refractivity contribution < 1.29 is 5.48 Å². The highest BCUT2D eigenvalue weighted by Gasteiger charge is 2.23.